The van der Waals surface area contributed by atoms with Crippen molar-refractivity contribution in [2.24, 2.45) is 0 Å². The fourth-order valence-electron chi connectivity index (χ4n) is 7.42. The van der Waals surface area contributed by atoms with E-state index in [1.807, 2.05) is 0 Å². The van der Waals surface area contributed by atoms with Crippen LogP contribution in [0.2, 0.25) is 0 Å². The molecule has 0 radical (unpaired) electrons. The van der Waals surface area contributed by atoms with Gasteiger partial charge in [-0.2, -0.15) is 0 Å². The van der Waals surface area contributed by atoms with Gasteiger partial charge in [0.25, 0.3) is 0 Å². The van der Waals surface area contributed by atoms with Crippen molar-refractivity contribution in [2.75, 3.05) is 13.2 Å². The Morgan fingerprint density at radius 1 is 0.344 bits per heavy atom. The van der Waals surface area contributed by atoms with Crippen LogP contribution in [-0.2, 0) is 28.6 Å². The van der Waals surface area contributed by atoms with Crippen LogP contribution in [0.25, 0.3) is 0 Å². The number of hydrogen-bond acceptors (Lipinski definition) is 6. The van der Waals surface area contributed by atoms with E-state index in [4.69, 9.17) is 14.2 Å². The van der Waals surface area contributed by atoms with E-state index in [2.05, 4.69) is 93.7 Å². The van der Waals surface area contributed by atoms with Crippen molar-refractivity contribution in [1.82, 2.24) is 0 Å². The number of hydrogen-bond donors (Lipinski definition) is 0. The molecule has 0 aromatic rings. The predicted molar refractivity (Wildman–Crippen MR) is 274 cm³/mol. The van der Waals surface area contributed by atoms with Crippen LogP contribution in [0.1, 0.15) is 258 Å². The second-order valence-corrected chi connectivity index (χ2v) is 17.8. The minimum absolute atomic E-state index is 0.0946. The van der Waals surface area contributed by atoms with Crippen molar-refractivity contribution in [3.8, 4) is 0 Å². The summed E-state index contributed by atoms with van der Waals surface area (Å²) >= 11 is 0. The van der Waals surface area contributed by atoms with Gasteiger partial charge in [-0.1, -0.05) is 229 Å². The lowest BCUT2D eigenvalue weighted by atomic mass is 10.0. The molecule has 0 bridgehead atoms. The summed E-state index contributed by atoms with van der Waals surface area (Å²) < 4.78 is 16.8. The average molecular weight is 893 g/mol. The molecule has 0 spiro atoms. The molecular weight excluding hydrogens is 793 g/mol. The third-order valence-electron chi connectivity index (χ3n) is 11.5. The highest BCUT2D eigenvalue weighted by atomic mass is 16.6. The first-order valence-corrected chi connectivity index (χ1v) is 27.0. The molecule has 0 aliphatic rings. The first-order chi connectivity index (χ1) is 31.5. The summed E-state index contributed by atoms with van der Waals surface area (Å²) in [6.07, 6.45) is 66.0. The molecule has 368 valence electrons. The second-order valence-electron chi connectivity index (χ2n) is 17.8. The smallest absolute Gasteiger partial charge is 0.306 e. The Morgan fingerprint density at radius 2 is 0.656 bits per heavy atom. The molecule has 0 aliphatic carbocycles. The molecule has 0 rings (SSSR count). The Kier molecular flexibility index (Phi) is 49.9. The minimum atomic E-state index is -0.800. The van der Waals surface area contributed by atoms with Crippen molar-refractivity contribution in [3.05, 3.63) is 72.9 Å². The van der Waals surface area contributed by atoms with Gasteiger partial charge in [-0.15, -0.1) is 0 Å². The lowest BCUT2D eigenvalue weighted by Gasteiger charge is -2.18. The predicted octanol–water partition coefficient (Wildman–Crippen LogP) is 17.8. The van der Waals surface area contributed by atoms with Gasteiger partial charge in [-0.05, 0) is 83.5 Å². The molecule has 0 saturated heterocycles. The van der Waals surface area contributed by atoms with Crippen molar-refractivity contribution in [1.29, 1.82) is 0 Å². The standard InChI is InChI=1S/C58H100O6/c1-4-7-10-13-16-19-22-25-28-30-33-36-39-42-45-48-51-57(60)63-54-55(53-62-56(59)50-47-44-41-38-35-32-27-24-21-18-15-12-9-6-3)64-58(61)52-49-46-43-40-37-34-31-29-26-23-20-17-14-11-8-5-2/h7,10,16,19,25,28-29,31,33-34,36-37,55H,4-6,8-9,11-15,17-18,20-24,26-27,30,32,35,38-54H2,1-3H3/b10-7-,19-16-,28-25-,31-29-,36-33-,37-34-. The molecule has 0 heterocycles. The van der Waals surface area contributed by atoms with Gasteiger partial charge < -0.3 is 14.2 Å². The third-order valence-corrected chi connectivity index (χ3v) is 11.5. The van der Waals surface area contributed by atoms with Crippen molar-refractivity contribution in [2.45, 2.75) is 264 Å². The summed E-state index contributed by atoms with van der Waals surface area (Å²) in [5.74, 6) is -0.948. The van der Waals surface area contributed by atoms with Crippen molar-refractivity contribution < 1.29 is 28.6 Å². The van der Waals surface area contributed by atoms with E-state index in [0.717, 1.165) is 103 Å². The Balaban J connectivity index is 4.47. The van der Waals surface area contributed by atoms with Gasteiger partial charge in [0.2, 0.25) is 0 Å². The maximum absolute atomic E-state index is 12.8. The monoisotopic (exact) mass is 893 g/mol. The van der Waals surface area contributed by atoms with Crippen molar-refractivity contribution in [3.63, 3.8) is 0 Å². The van der Waals surface area contributed by atoms with Gasteiger partial charge in [0.1, 0.15) is 13.2 Å². The maximum atomic E-state index is 12.8. The van der Waals surface area contributed by atoms with Crippen LogP contribution in [0.3, 0.4) is 0 Å². The number of esters is 3. The third kappa shape index (κ3) is 49.9. The number of ether oxygens (including phenoxy) is 3. The summed E-state index contributed by atoms with van der Waals surface area (Å²) in [5.41, 5.74) is 0. The highest BCUT2D eigenvalue weighted by Crippen LogP contribution is 2.15. The molecule has 64 heavy (non-hydrogen) atoms. The van der Waals surface area contributed by atoms with Crippen molar-refractivity contribution >= 4 is 17.9 Å². The highest BCUT2D eigenvalue weighted by molar-refractivity contribution is 5.71. The number of carbonyl (C=O) groups is 3. The minimum Gasteiger partial charge on any atom is -0.462 e. The van der Waals surface area contributed by atoms with Crippen LogP contribution in [0, 0.1) is 0 Å². The Morgan fingerprint density at radius 3 is 1.06 bits per heavy atom. The Hall–Kier alpha value is -3.15. The molecule has 0 fully saturated rings. The normalized spacial score (nSPS) is 12.6. The molecule has 0 saturated carbocycles. The molecular formula is C58H100O6. The zero-order valence-corrected chi connectivity index (χ0v) is 42.0. The molecule has 1 unspecified atom stereocenters. The van der Waals surface area contributed by atoms with Gasteiger partial charge >= 0.3 is 17.9 Å². The Labute approximate surface area is 395 Å². The number of carbonyl (C=O) groups excluding carboxylic acids is 3. The van der Waals surface area contributed by atoms with E-state index in [0.29, 0.717) is 19.3 Å². The molecule has 0 N–H and O–H groups in total. The van der Waals surface area contributed by atoms with E-state index >= 15 is 0 Å². The number of rotatable bonds is 48. The topological polar surface area (TPSA) is 78.9 Å². The first kappa shape index (κ1) is 60.9. The van der Waals surface area contributed by atoms with E-state index in [9.17, 15) is 14.4 Å². The van der Waals surface area contributed by atoms with Gasteiger partial charge in [0.05, 0.1) is 0 Å². The van der Waals surface area contributed by atoms with Crippen LogP contribution in [0.4, 0.5) is 0 Å². The van der Waals surface area contributed by atoms with Gasteiger partial charge in [-0.25, -0.2) is 0 Å². The van der Waals surface area contributed by atoms with E-state index in [1.165, 1.54) is 116 Å². The SMILES string of the molecule is CC/C=C\C/C=C\C/C=C\C/C=C\CCCCCC(=O)OCC(COC(=O)CCCCCCCCCCCCCCCC)OC(=O)CCCCC/C=C\C=C/CCCCCCCCC. The fraction of sp³-hybridized carbons (Fsp3) is 0.741. The zero-order valence-electron chi connectivity index (χ0n) is 42.0. The summed E-state index contributed by atoms with van der Waals surface area (Å²) in [5, 5.41) is 0. The fourth-order valence-corrected chi connectivity index (χ4v) is 7.42. The molecule has 6 heteroatoms. The highest BCUT2D eigenvalue weighted by Gasteiger charge is 2.19. The van der Waals surface area contributed by atoms with Crippen LogP contribution >= 0.6 is 0 Å². The lowest BCUT2D eigenvalue weighted by molar-refractivity contribution is -0.167. The quantitative estimate of drug-likeness (QED) is 0.0199. The molecule has 6 nitrogen and oxygen atoms in total. The Bertz CT molecular complexity index is 1210. The van der Waals surface area contributed by atoms with Crippen LogP contribution in [0.5, 0.6) is 0 Å². The van der Waals surface area contributed by atoms with Crippen LogP contribution in [-0.4, -0.2) is 37.2 Å². The number of unbranched alkanes of at least 4 members (excludes halogenated alkanes) is 26. The first-order valence-electron chi connectivity index (χ1n) is 27.0. The van der Waals surface area contributed by atoms with E-state index in [-0.39, 0.29) is 31.1 Å². The van der Waals surface area contributed by atoms with Crippen LogP contribution < -0.4 is 0 Å². The largest absolute Gasteiger partial charge is 0.462 e. The number of allylic oxidation sites excluding steroid dienone is 12. The van der Waals surface area contributed by atoms with Gasteiger partial charge in [0, 0.05) is 19.3 Å². The van der Waals surface area contributed by atoms with Crippen LogP contribution in [0.15, 0.2) is 72.9 Å². The lowest BCUT2D eigenvalue weighted by Crippen LogP contribution is -2.30. The summed E-state index contributed by atoms with van der Waals surface area (Å²) in [6.45, 7) is 6.48. The van der Waals surface area contributed by atoms with E-state index < -0.39 is 6.10 Å². The molecule has 1 atom stereocenters. The molecule has 0 aromatic heterocycles. The molecule has 0 aromatic carbocycles. The van der Waals surface area contributed by atoms with Gasteiger partial charge in [0.15, 0.2) is 6.10 Å². The summed E-state index contributed by atoms with van der Waals surface area (Å²) in [4.78, 5) is 38.0. The zero-order chi connectivity index (χ0) is 46.5. The van der Waals surface area contributed by atoms with Gasteiger partial charge in [-0.3, -0.25) is 14.4 Å². The molecule has 0 aliphatic heterocycles. The second kappa shape index (κ2) is 52.5. The average Bonchev–Trinajstić information content (AvgIpc) is 3.29. The molecule has 0 amide bonds. The van der Waals surface area contributed by atoms with E-state index in [1.54, 1.807) is 0 Å². The summed E-state index contributed by atoms with van der Waals surface area (Å²) in [7, 11) is 0. The maximum Gasteiger partial charge on any atom is 0.306 e. The summed E-state index contributed by atoms with van der Waals surface area (Å²) in [6, 6.07) is 0.